The minimum Gasteiger partial charge on any atom is -0.480 e. The van der Waals surface area contributed by atoms with E-state index < -0.39 is 11.5 Å². The molecule has 1 atom stereocenters. The standard InChI is InChI=1S/C14H19NO2/c1-3-10(2)15-14(13(16)17)8-11-6-4-5-7-12(11)9-14/h4-7,10,15H,3,8-9H2,1-2H3,(H,16,17). The van der Waals surface area contributed by atoms with Gasteiger partial charge < -0.3 is 5.11 Å². The lowest BCUT2D eigenvalue weighted by molar-refractivity contribution is -0.144. The number of benzene rings is 1. The minimum atomic E-state index is -0.806. The molecule has 0 fully saturated rings. The van der Waals surface area contributed by atoms with Crippen LogP contribution in [-0.2, 0) is 17.6 Å². The number of rotatable bonds is 4. The van der Waals surface area contributed by atoms with Crippen molar-refractivity contribution in [1.82, 2.24) is 5.32 Å². The first-order chi connectivity index (χ1) is 8.07. The molecule has 0 saturated heterocycles. The van der Waals surface area contributed by atoms with Gasteiger partial charge in [0.1, 0.15) is 5.54 Å². The van der Waals surface area contributed by atoms with Crippen LogP contribution < -0.4 is 5.32 Å². The average Bonchev–Trinajstić information content (AvgIpc) is 2.68. The van der Waals surface area contributed by atoms with Gasteiger partial charge in [-0.25, -0.2) is 0 Å². The van der Waals surface area contributed by atoms with E-state index in [4.69, 9.17) is 0 Å². The Kier molecular flexibility index (Phi) is 3.20. The van der Waals surface area contributed by atoms with Crippen molar-refractivity contribution in [2.24, 2.45) is 0 Å². The lowest BCUT2D eigenvalue weighted by Crippen LogP contribution is -2.56. The lowest BCUT2D eigenvalue weighted by Gasteiger charge is -2.29. The second kappa shape index (κ2) is 4.49. The van der Waals surface area contributed by atoms with Crippen LogP contribution in [0, 0.1) is 0 Å². The molecule has 0 aliphatic heterocycles. The number of carboxylic acid groups (broad SMARTS) is 1. The molecule has 3 heteroatoms. The summed E-state index contributed by atoms with van der Waals surface area (Å²) in [6.07, 6.45) is 2.11. The number of carboxylic acids is 1. The first-order valence-electron chi connectivity index (χ1n) is 6.15. The van der Waals surface area contributed by atoms with E-state index in [1.807, 2.05) is 31.2 Å². The molecule has 0 aromatic heterocycles. The zero-order valence-corrected chi connectivity index (χ0v) is 10.4. The highest BCUT2D eigenvalue weighted by Crippen LogP contribution is 2.30. The fourth-order valence-corrected chi connectivity index (χ4v) is 2.50. The molecular weight excluding hydrogens is 214 g/mol. The largest absolute Gasteiger partial charge is 0.480 e. The Morgan fingerprint density at radius 2 is 1.94 bits per heavy atom. The maximum atomic E-state index is 11.6. The van der Waals surface area contributed by atoms with Crippen molar-refractivity contribution in [3.63, 3.8) is 0 Å². The van der Waals surface area contributed by atoms with Crippen molar-refractivity contribution in [3.05, 3.63) is 35.4 Å². The Morgan fingerprint density at radius 1 is 1.41 bits per heavy atom. The fourth-order valence-electron chi connectivity index (χ4n) is 2.50. The van der Waals surface area contributed by atoms with Crippen LogP contribution in [0.3, 0.4) is 0 Å². The van der Waals surface area contributed by atoms with Crippen LogP contribution in [0.4, 0.5) is 0 Å². The van der Waals surface area contributed by atoms with Gasteiger partial charge in [0.05, 0.1) is 0 Å². The van der Waals surface area contributed by atoms with E-state index in [1.165, 1.54) is 0 Å². The van der Waals surface area contributed by atoms with Crippen LogP contribution in [0.2, 0.25) is 0 Å². The molecule has 2 rings (SSSR count). The normalized spacial score (nSPS) is 18.7. The number of hydrogen-bond donors (Lipinski definition) is 2. The molecule has 3 nitrogen and oxygen atoms in total. The Morgan fingerprint density at radius 3 is 2.35 bits per heavy atom. The predicted molar refractivity (Wildman–Crippen MR) is 67.1 cm³/mol. The van der Waals surface area contributed by atoms with Gasteiger partial charge in [0.15, 0.2) is 0 Å². The van der Waals surface area contributed by atoms with E-state index in [1.54, 1.807) is 0 Å². The summed E-state index contributed by atoms with van der Waals surface area (Å²) in [5.41, 5.74) is 1.51. The molecule has 0 saturated carbocycles. The number of fused-ring (bicyclic) bond motifs is 1. The number of aliphatic carboxylic acids is 1. The number of carbonyl (C=O) groups is 1. The maximum Gasteiger partial charge on any atom is 0.324 e. The maximum absolute atomic E-state index is 11.6. The smallest absolute Gasteiger partial charge is 0.324 e. The molecule has 1 unspecified atom stereocenters. The second-order valence-corrected chi connectivity index (χ2v) is 4.96. The van der Waals surface area contributed by atoms with Gasteiger partial charge in [0.25, 0.3) is 0 Å². The van der Waals surface area contributed by atoms with Crippen LogP contribution in [-0.4, -0.2) is 22.7 Å². The van der Waals surface area contributed by atoms with E-state index in [0.29, 0.717) is 12.8 Å². The summed E-state index contributed by atoms with van der Waals surface area (Å²) in [5, 5.41) is 12.8. The van der Waals surface area contributed by atoms with Gasteiger partial charge in [-0.05, 0) is 24.5 Å². The molecule has 0 bridgehead atoms. The van der Waals surface area contributed by atoms with Gasteiger partial charge in [-0.1, -0.05) is 31.2 Å². The Hall–Kier alpha value is -1.35. The van der Waals surface area contributed by atoms with Crippen LogP contribution in [0.1, 0.15) is 31.4 Å². The van der Waals surface area contributed by atoms with Gasteiger partial charge in [-0.15, -0.1) is 0 Å². The van der Waals surface area contributed by atoms with E-state index in [0.717, 1.165) is 17.5 Å². The van der Waals surface area contributed by atoms with Crippen LogP contribution in [0.25, 0.3) is 0 Å². The zero-order chi connectivity index (χ0) is 12.5. The third-order valence-corrected chi connectivity index (χ3v) is 3.65. The topological polar surface area (TPSA) is 49.3 Å². The summed E-state index contributed by atoms with van der Waals surface area (Å²) >= 11 is 0. The van der Waals surface area contributed by atoms with Crippen molar-refractivity contribution in [1.29, 1.82) is 0 Å². The van der Waals surface area contributed by atoms with Crippen molar-refractivity contribution in [3.8, 4) is 0 Å². The first kappa shape index (κ1) is 12.1. The van der Waals surface area contributed by atoms with Crippen LogP contribution >= 0.6 is 0 Å². The summed E-state index contributed by atoms with van der Waals surface area (Å²) in [5.74, 6) is -0.742. The number of hydrogen-bond acceptors (Lipinski definition) is 2. The van der Waals surface area contributed by atoms with E-state index >= 15 is 0 Å². The Bertz CT molecular complexity index is 403. The fraction of sp³-hybridized carbons (Fsp3) is 0.500. The van der Waals surface area contributed by atoms with Gasteiger partial charge in [0.2, 0.25) is 0 Å². The highest BCUT2D eigenvalue weighted by molar-refractivity contribution is 5.81. The summed E-state index contributed by atoms with van der Waals surface area (Å²) in [4.78, 5) is 11.6. The molecule has 0 amide bonds. The van der Waals surface area contributed by atoms with Gasteiger partial charge in [-0.2, -0.15) is 0 Å². The highest BCUT2D eigenvalue weighted by atomic mass is 16.4. The summed E-state index contributed by atoms with van der Waals surface area (Å²) in [6, 6.07) is 8.22. The van der Waals surface area contributed by atoms with Crippen LogP contribution in [0.15, 0.2) is 24.3 Å². The van der Waals surface area contributed by atoms with Crippen LogP contribution in [0.5, 0.6) is 0 Å². The molecule has 1 aromatic rings. The Labute approximate surface area is 102 Å². The van der Waals surface area contributed by atoms with Crippen molar-refractivity contribution in [2.45, 2.75) is 44.7 Å². The van der Waals surface area contributed by atoms with E-state index in [-0.39, 0.29) is 6.04 Å². The third-order valence-electron chi connectivity index (χ3n) is 3.65. The first-order valence-corrected chi connectivity index (χ1v) is 6.15. The second-order valence-electron chi connectivity index (χ2n) is 4.96. The SMILES string of the molecule is CCC(C)NC1(C(=O)O)Cc2ccccc2C1. The monoisotopic (exact) mass is 233 g/mol. The molecule has 0 spiro atoms. The molecular formula is C14H19NO2. The average molecular weight is 233 g/mol. The molecule has 1 aliphatic carbocycles. The Balaban J connectivity index is 2.26. The molecule has 0 radical (unpaired) electrons. The van der Waals surface area contributed by atoms with E-state index in [2.05, 4.69) is 12.2 Å². The van der Waals surface area contributed by atoms with Crippen molar-refractivity contribution >= 4 is 5.97 Å². The summed E-state index contributed by atoms with van der Waals surface area (Å²) < 4.78 is 0. The molecule has 1 aliphatic rings. The molecule has 2 N–H and O–H groups in total. The number of nitrogens with one attached hydrogen (secondary N) is 1. The van der Waals surface area contributed by atoms with Gasteiger partial charge >= 0.3 is 5.97 Å². The quantitative estimate of drug-likeness (QED) is 0.836. The predicted octanol–water partition coefficient (Wildman–Crippen LogP) is 2.00. The molecule has 0 heterocycles. The summed E-state index contributed by atoms with van der Waals surface area (Å²) in [7, 11) is 0. The third kappa shape index (κ3) is 2.20. The minimum absolute atomic E-state index is 0.223. The highest BCUT2D eigenvalue weighted by Gasteiger charge is 2.44. The van der Waals surface area contributed by atoms with Gasteiger partial charge in [-0.3, -0.25) is 10.1 Å². The molecule has 1 aromatic carbocycles. The van der Waals surface area contributed by atoms with Crippen molar-refractivity contribution in [2.75, 3.05) is 0 Å². The zero-order valence-electron chi connectivity index (χ0n) is 10.4. The van der Waals surface area contributed by atoms with Gasteiger partial charge in [0, 0.05) is 18.9 Å². The van der Waals surface area contributed by atoms with E-state index in [9.17, 15) is 9.90 Å². The summed E-state index contributed by atoms with van der Waals surface area (Å²) in [6.45, 7) is 4.10. The lowest BCUT2D eigenvalue weighted by atomic mass is 9.94. The molecule has 17 heavy (non-hydrogen) atoms. The van der Waals surface area contributed by atoms with Crippen molar-refractivity contribution < 1.29 is 9.90 Å². The molecule has 92 valence electrons.